The maximum absolute atomic E-state index is 13.4. The van der Waals surface area contributed by atoms with Gasteiger partial charge in [0.05, 0.1) is 4.92 Å². The van der Waals surface area contributed by atoms with Gasteiger partial charge in [-0.25, -0.2) is 9.37 Å². The third kappa shape index (κ3) is 3.08. The van der Waals surface area contributed by atoms with Gasteiger partial charge in [-0.2, -0.15) is 4.98 Å². The molecule has 0 atom stereocenters. The Bertz CT molecular complexity index is 696. The molecule has 21 heavy (non-hydrogen) atoms. The number of rotatable bonds is 4. The van der Waals surface area contributed by atoms with Gasteiger partial charge < -0.3 is 4.90 Å². The molecule has 0 spiro atoms. The summed E-state index contributed by atoms with van der Waals surface area (Å²) in [6, 6.07) is 5.74. The topological polar surface area (TPSA) is 72.2 Å². The van der Waals surface area contributed by atoms with Crippen molar-refractivity contribution in [3.05, 3.63) is 51.2 Å². The number of aromatic nitrogens is 2. The first-order valence-electron chi connectivity index (χ1n) is 6.15. The fourth-order valence-corrected chi connectivity index (χ4v) is 2.23. The molecule has 1 aromatic heterocycles. The van der Waals surface area contributed by atoms with Crippen LogP contribution >= 0.6 is 11.6 Å². The van der Waals surface area contributed by atoms with Crippen molar-refractivity contribution in [1.29, 1.82) is 0 Å². The van der Waals surface area contributed by atoms with Gasteiger partial charge in [-0.3, -0.25) is 10.1 Å². The second-order valence-electron chi connectivity index (χ2n) is 4.23. The lowest BCUT2D eigenvalue weighted by Crippen LogP contribution is -2.20. The summed E-state index contributed by atoms with van der Waals surface area (Å²) < 4.78 is 13.4. The third-order valence-corrected chi connectivity index (χ3v) is 3.06. The maximum atomic E-state index is 13.4. The molecular weight excluding hydrogens is 299 g/mol. The highest BCUT2D eigenvalue weighted by Crippen LogP contribution is 2.34. The Morgan fingerprint density at radius 3 is 2.71 bits per heavy atom. The van der Waals surface area contributed by atoms with E-state index in [2.05, 4.69) is 9.97 Å². The molecule has 0 bridgehead atoms. The molecule has 0 unspecified atom stereocenters. The first-order valence-corrected chi connectivity index (χ1v) is 6.53. The summed E-state index contributed by atoms with van der Waals surface area (Å²) in [5.74, 6) is -0.393. The molecule has 2 rings (SSSR count). The van der Waals surface area contributed by atoms with Gasteiger partial charge >= 0.3 is 5.69 Å². The van der Waals surface area contributed by atoms with E-state index >= 15 is 0 Å². The maximum Gasteiger partial charge on any atom is 0.333 e. The largest absolute Gasteiger partial charge is 0.333 e. The van der Waals surface area contributed by atoms with Crippen LogP contribution < -0.4 is 4.90 Å². The van der Waals surface area contributed by atoms with Crippen LogP contribution in [0.3, 0.4) is 0 Å². The van der Waals surface area contributed by atoms with Crippen LogP contribution in [0.25, 0.3) is 0 Å². The zero-order valence-electron chi connectivity index (χ0n) is 11.4. The molecule has 0 aliphatic heterocycles. The van der Waals surface area contributed by atoms with Crippen LogP contribution in [0.5, 0.6) is 0 Å². The van der Waals surface area contributed by atoms with Gasteiger partial charge in [0.15, 0.2) is 0 Å². The zero-order chi connectivity index (χ0) is 15.6. The molecule has 2 aromatic rings. The SMILES string of the molecule is CCN(c1cccc(F)c1)c1nc(Cl)nc(C)c1[N+](=O)[O-]. The molecule has 0 aliphatic rings. The normalized spacial score (nSPS) is 10.5. The fraction of sp³-hybridized carbons (Fsp3) is 0.231. The van der Waals surface area contributed by atoms with E-state index < -0.39 is 10.7 Å². The minimum absolute atomic E-state index is 0.0469. The lowest BCUT2D eigenvalue weighted by atomic mass is 10.2. The van der Waals surface area contributed by atoms with Gasteiger partial charge in [0.2, 0.25) is 11.1 Å². The molecule has 0 radical (unpaired) electrons. The van der Waals surface area contributed by atoms with Gasteiger partial charge in [-0.1, -0.05) is 6.07 Å². The molecule has 1 aromatic carbocycles. The Balaban J connectivity index is 2.65. The molecule has 8 heteroatoms. The van der Waals surface area contributed by atoms with Crippen LogP contribution in [-0.2, 0) is 0 Å². The Kier molecular flexibility index (Phi) is 4.32. The van der Waals surface area contributed by atoms with E-state index in [1.54, 1.807) is 13.0 Å². The van der Waals surface area contributed by atoms with Gasteiger partial charge in [0.25, 0.3) is 0 Å². The number of benzene rings is 1. The molecule has 0 fully saturated rings. The van der Waals surface area contributed by atoms with E-state index in [0.29, 0.717) is 12.2 Å². The quantitative estimate of drug-likeness (QED) is 0.489. The Morgan fingerprint density at radius 1 is 1.43 bits per heavy atom. The van der Waals surface area contributed by atoms with Gasteiger partial charge in [-0.05, 0) is 43.6 Å². The number of nitro groups is 1. The minimum Gasteiger partial charge on any atom is -0.321 e. The highest BCUT2D eigenvalue weighted by atomic mass is 35.5. The van der Waals surface area contributed by atoms with Crippen molar-refractivity contribution in [1.82, 2.24) is 9.97 Å². The fourth-order valence-electron chi connectivity index (χ4n) is 2.02. The standard InChI is InChI=1S/C13H12ClFN4O2/c1-3-18(10-6-4-5-9(15)7-10)12-11(19(20)21)8(2)16-13(14)17-12/h4-7H,3H2,1-2H3. The predicted octanol–water partition coefficient (Wildman–Crippen LogP) is 3.64. The number of aryl methyl sites for hydroxylation is 1. The van der Waals surface area contributed by atoms with Crippen LogP contribution in [0, 0.1) is 22.9 Å². The molecule has 1 heterocycles. The monoisotopic (exact) mass is 310 g/mol. The Morgan fingerprint density at radius 2 is 2.14 bits per heavy atom. The van der Waals surface area contributed by atoms with E-state index in [1.165, 1.54) is 30.0 Å². The summed E-state index contributed by atoms with van der Waals surface area (Å²) in [6.45, 7) is 3.62. The average Bonchev–Trinajstić information content (AvgIpc) is 2.38. The smallest absolute Gasteiger partial charge is 0.321 e. The van der Waals surface area contributed by atoms with Crippen molar-refractivity contribution < 1.29 is 9.31 Å². The van der Waals surface area contributed by atoms with Crippen molar-refractivity contribution in [3.8, 4) is 0 Å². The minimum atomic E-state index is -0.567. The van der Waals surface area contributed by atoms with Crippen LogP contribution in [-0.4, -0.2) is 21.4 Å². The van der Waals surface area contributed by atoms with E-state index in [0.717, 1.165) is 0 Å². The van der Waals surface area contributed by atoms with Crippen molar-refractivity contribution >= 4 is 28.8 Å². The number of hydrogen-bond acceptors (Lipinski definition) is 5. The summed E-state index contributed by atoms with van der Waals surface area (Å²) in [5, 5.41) is 11.2. The van der Waals surface area contributed by atoms with Gasteiger partial charge in [0.1, 0.15) is 11.5 Å². The van der Waals surface area contributed by atoms with Crippen LogP contribution in [0.1, 0.15) is 12.6 Å². The number of hydrogen-bond donors (Lipinski definition) is 0. The van der Waals surface area contributed by atoms with Crippen LogP contribution in [0.4, 0.5) is 21.6 Å². The third-order valence-electron chi connectivity index (χ3n) is 2.89. The zero-order valence-corrected chi connectivity index (χ0v) is 12.1. The van der Waals surface area contributed by atoms with E-state index in [1.807, 2.05) is 0 Å². The predicted molar refractivity (Wildman–Crippen MR) is 77.5 cm³/mol. The first kappa shape index (κ1) is 15.1. The lowest BCUT2D eigenvalue weighted by molar-refractivity contribution is -0.385. The molecule has 0 aliphatic carbocycles. The number of halogens is 2. The Labute approximate surface area is 125 Å². The molecule has 0 saturated heterocycles. The molecule has 110 valence electrons. The van der Waals surface area contributed by atoms with Crippen LogP contribution in [0.2, 0.25) is 5.28 Å². The molecule has 0 amide bonds. The van der Waals surface area contributed by atoms with Crippen LogP contribution in [0.15, 0.2) is 24.3 Å². The summed E-state index contributed by atoms with van der Waals surface area (Å²) in [5.41, 5.74) is 0.366. The second kappa shape index (κ2) is 6.01. The van der Waals surface area contributed by atoms with Gasteiger partial charge in [0, 0.05) is 12.2 Å². The summed E-state index contributed by atoms with van der Waals surface area (Å²) in [7, 11) is 0. The van der Waals surface area contributed by atoms with E-state index in [9.17, 15) is 14.5 Å². The van der Waals surface area contributed by atoms with Crippen molar-refractivity contribution in [2.24, 2.45) is 0 Å². The van der Waals surface area contributed by atoms with Crippen molar-refractivity contribution in [2.45, 2.75) is 13.8 Å². The summed E-state index contributed by atoms with van der Waals surface area (Å²) >= 11 is 5.80. The summed E-state index contributed by atoms with van der Waals surface area (Å²) in [4.78, 5) is 19.9. The van der Waals surface area contributed by atoms with Crippen molar-refractivity contribution in [2.75, 3.05) is 11.4 Å². The molecular formula is C13H12ClFN4O2. The second-order valence-corrected chi connectivity index (χ2v) is 4.57. The first-order chi connectivity index (χ1) is 9.93. The highest BCUT2D eigenvalue weighted by molar-refractivity contribution is 6.28. The van der Waals surface area contributed by atoms with Gasteiger partial charge in [-0.15, -0.1) is 0 Å². The average molecular weight is 311 g/mol. The molecule has 0 N–H and O–H groups in total. The highest BCUT2D eigenvalue weighted by Gasteiger charge is 2.26. The van der Waals surface area contributed by atoms with E-state index in [4.69, 9.17) is 11.6 Å². The van der Waals surface area contributed by atoms with E-state index in [-0.39, 0.29) is 22.5 Å². The summed E-state index contributed by atoms with van der Waals surface area (Å²) in [6.07, 6.45) is 0. The lowest BCUT2D eigenvalue weighted by Gasteiger charge is -2.22. The number of nitrogens with zero attached hydrogens (tertiary/aromatic N) is 4. The van der Waals surface area contributed by atoms with Crippen molar-refractivity contribution in [3.63, 3.8) is 0 Å². The number of anilines is 2. The molecule has 0 saturated carbocycles. The Hall–Kier alpha value is -2.28. The molecule has 6 nitrogen and oxygen atoms in total.